The molecular weight excluding hydrogens is 390 g/mol. The van der Waals surface area contributed by atoms with Crippen molar-refractivity contribution in [3.05, 3.63) is 90.3 Å². The van der Waals surface area contributed by atoms with Crippen molar-refractivity contribution in [2.45, 2.75) is 13.0 Å². The molecule has 0 radical (unpaired) electrons. The monoisotopic (exact) mass is 413 g/mol. The summed E-state index contributed by atoms with van der Waals surface area (Å²) >= 11 is 0. The normalized spacial score (nSPS) is 10.6. The van der Waals surface area contributed by atoms with Crippen LogP contribution in [0.3, 0.4) is 0 Å². The summed E-state index contributed by atoms with van der Waals surface area (Å²) in [6.07, 6.45) is 9.57. The van der Waals surface area contributed by atoms with Crippen molar-refractivity contribution in [1.82, 2.24) is 30.0 Å². The number of nitrogens with one attached hydrogen (secondary N) is 2. The SMILES string of the molecule is Cn1cc(-c2ccc(C(=O)NCc3cccnc3)c(NCCc3ccccn3)n2)cn1. The Hall–Kier alpha value is -4.07. The van der Waals surface area contributed by atoms with Gasteiger partial charge in [-0.15, -0.1) is 0 Å². The Labute approximate surface area is 180 Å². The van der Waals surface area contributed by atoms with Gasteiger partial charge in [0.1, 0.15) is 5.82 Å². The second-order valence-electron chi connectivity index (χ2n) is 7.04. The summed E-state index contributed by atoms with van der Waals surface area (Å²) in [5.41, 5.74) is 4.02. The third-order valence-corrected chi connectivity index (χ3v) is 4.72. The van der Waals surface area contributed by atoms with E-state index in [9.17, 15) is 4.79 Å². The number of rotatable bonds is 8. The highest BCUT2D eigenvalue weighted by atomic mass is 16.1. The summed E-state index contributed by atoms with van der Waals surface area (Å²) in [6, 6.07) is 13.2. The van der Waals surface area contributed by atoms with Gasteiger partial charge in [-0.2, -0.15) is 5.10 Å². The average molecular weight is 413 g/mol. The van der Waals surface area contributed by atoms with E-state index >= 15 is 0 Å². The number of pyridine rings is 3. The van der Waals surface area contributed by atoms with E-state index in [4.69, 9.17) is 4.98 Å². The van der Waals surface area contributed by atoms with Gasteiger partial charge in [-0.1, -0.05) is 12.1 Å². The van der Waals surface area contributed by atoms with Crippen LogP contribution in [0, 0.1) is 0 Å². The Balaban J connectivity index is 1.52. The van der Waals surface area contributed by atoms with Crippen LogP contribution < -0.4 is 10.6 Å². The van der Waals surface area contributed by atoms with Crippen molar-refractivity contribution in [3.8, 4) is 11.3 Å². The maximum atomic E-state index is 12.9. The second-order valence-corrected chi connectivity index (χ2v) is 7.04. The number of carbonyl (C=O) groups is 1. The number of amides is 1. The smallest absolute Gasteiger partial charge is 0.255 e. The van der Waals surface area contributed by atoms with Gasteiger partial charge in [0.2, 0.25) is 0 Å². The summed E-state index contributed by atoms with van der Waals surface area (Å²) < 4.78 is 1.72. The van der Waals surface area contributed by atoms with Gasteiger partial charge < -0.3 is 10.6 Å². The second kappa shape index (κ2) is 9.62. The molecule has 156 valence electrons. The maximum absolute atomic E-state index is 12.9. The lowest BCUT2D eigenvalue weighted by molar-refractivity contribution is 0.0951. The van der Waals surface area contributed by atoms with Crippen LogP contribution in [0.25, 0.3) is 11.3 Å². The first kappa shape index (κ1) is 20.2. The Kier molecular flexibility index (Phi) is 6.27. The summed E-state index contributed by atoms with van der Waals surface area (Å²) in [6.45, 7) is 0.994. The first-order valence-electron chi connectivity index (χ1n) is 10.00. The fourth-order valence-corrected chi connectivity index (χ4v) is 3.13. The Morgan fingerprint density at radius 3 is 2.74 bits per heavy atom. The Morgan fingerprint density at radius 1 is 1.06 bits per heavy atom. The van der Waals surface area contributed by atoms with Crippen molar-refractivity contribution in [1.29, 1.82) is 0 Å². The molecule has 0 saturated carbocycles. The van der Waals surface area contributed by atoms with Crippen LogP contribution in [0.4, 0.5) is 5.82 Å². The number of hydrogen-bond donors (Lipinski definition) is 2. The molecule has 1 amide bonds. The summed E-state index contributed by atoms with van der Waals surface area (Å²) in [5.74, 6) is 0.329. The van der Waals surface area contributed by atoms with Gasteiger partial charge in [-0.25, -0.2) is 4.98 Å². The van der Waals surface area contributed by atoms with Gasteiger partial charge in [0, 0.05) is 62.6 Å². The molecule has 4 aromatic rings. The molecule has 0 bridgehead atoms. The molecular formula is C23H23N7O. The minimum atomic E-state index is -0.200. The quantitative estimate of drug-likeness (QED) is 0.461. The number of aryl methyl sites for hydroxylation is 1. The third kappa shape index (κ3) is 5.30. The van der Waals surface area contributed by atoms with E-state index in [1.807, 2.05) is 49.6 Å². The van der Waals surface area contributed by atoms with Crippen LogP contribution in [0.5, 0.6) is 0 Å². The van der Waals surface area contributed by atoms with Crippen LogP contribution in [-0.4, -0.2) is 37.2 Å². The highest BCUT2D eigenvalue weighted by Gasteiger charge is 2.15. The number of aromatic nitrogens is 5. The standard InChI is InChI=1S/C23H23N7O/c1-30-16-18(15-28-30)21-8-7-20(23(31)27-14-17-5-4-10-24-13-17)22(29-21)26-12-9-19-6-2-3-11-25-19/h2-8,10-11,13,15-16H,9,12,14H2,1H3,(H,26,29)(H,27,31). The minimum Gasteiger partial charge on any atom is -0.369 e. The first-order valence-corrected chi connectivity index (χ1v) is 10.00. The average Bonchev–Trinajstić information content (AvgIpc) is 3.25. The molecule has 31 heavy (non-hydrogen) atoms. The fourth-order valence-electron chi connectivity index (χ4n) is 3.13. The van der Waals surface area contributed by atoms with Gasteiger partial charge >= 0.3 is 0 Å². The molecule has 8 nitrogen and oxygen atoms in total. The van der Waals surface area contributed by atoms with Gasteiger partial charge in [-0.3, -0.25) is 19.4 Å². The van der Waals surface area contributed by atoms with Crippen LogP contribution in [0.15, 0.2) is 73.4 Å². The van der Waals surface area contributed by atoms with E-state index in [1.54, 1.807) is 35.5 Å². The van der Waals surface area contributed by atoms with Gasteiger partial charge in [0.25, 0.3) is 5.91 Å². The van der Waals surface area contributed by atoms with E-state index in [0.717, 1.165) is 28.9 Å². The molecule has 4 rings (SSSR count). The molecule has 4 aromatic heterocycles. The van der Waals surface area contributed by atoms with Gasteiger partial charge in [0.05, 0.1) is 17.5 Å². The van der Waals surface area contributed by atoms with Crippen molar-refractivity contribution in [2.24, 2.45) is 7.05 Å². The summed E-state index contributed by atoms with van der Waals surface area (Å²) in [7, 11) is 1.86. The molecule has 0 fully saturated rings. The molecule has 0 atom stereocenters. The largest absolute Gasteiger partial charge is 0.369 e. The van der Waals surface area contributed by atoms with Crippen molar-refractivity contribution in [3.63, 3.8) is 0 Å². The molecule has 0 aliphatic rings. The molecule has 4 heterocycles. The number of hydrogen-bond acceptors (Lipinski definition) is 6. The lowest BCUT2D eigenvalue weighted by atomic mass is 10.1. The predicted molar refractivity (Wildman–Crippen MR) is 118 cm³/mol. The van der Waals surface area contributed by atoms with Crippen molar-refractivity contribution >= 4 is 11.7 Å². The number of anilines is 1. The zero-order chi connectivity index (χ0) is 21.5. The lowest BCUT2D eigenvalue weighted by Gasteiger charge is -2.13. The predicted octanol–water partition coefficient (Wildman–Crippen LogP) is 2.86. The molecule has 0 spiro atoms. The molecule has 0 unspecified atom stereocenters. The zero-order valence-electron chi connectivity index (χ0n) is 17.2. The maximum Gasteiger partial charge on any atom is 0.255 e. The van der Waals surface area contributed by atoms with E-state index in [-0.39, 0.29) is 5.91 Å². The van der Waals surface area contributed by atoms with E-state index < -0.39 is 0 Å². The number of nitrogens with zero attached hydrogens (tertiary/aromatic N) is 5. The van der Waals surface area contributed by atoms with Crippen LogP contribution >= 0.6 is 0 Å². The van der Waals surface area contributed by atoms with Crippen LogP contribution in [0.1, 0.15) is 21.6 Å². The van der Waals surface area contributed by atoms with E-state index in [2.05, 4.69) is 25.7 Å². The van der Waals surface area contributed by atoms with Gasteiger partial charge in [0.15, 0.2) is 0 Å². The molecule has 0 saturated heterocycles. The van der Waals surface area contributed by atoms with E-state index in [1.165, 1.54) is 0 Å². The molecule has 0 aliphatic heterocycles. The van der Waals surface area contributed by atoms with Gasteiger partial charge in [-0.05, 0) is 35.9 Å². The first-order chi connectivity index (χ1) is 15.2. The molecule has 8 heteroatoms. The third-order valence-electron chi connectivity index (χ3n) is 4.72. The highest BCUT2D eigenvalue weighted by Crippen LogP contribution is 2.22. The van der Waals surface area contributed by atoms with Crippen LogP contribution in [0.2, 0.25) is 0 Å². The lowest BCUT2D eigenvalue weighted by Crippen LogP contribution is -2.25. The Morgan fingerprint density at radius 2 is 2.00 bits per heavy atom. The molecule has 0 aliphatic carbocycles. The number of carbonyl (C=O) groups excluding carboxylic acids is 1. The highest BCUT2D eigenvalue weighted by molar-refractivity contribution is 5.99. The van der Waals surface area contributed by atoms with Crippen LogP contribution in [-0.2, 0) is 20.0 Å². The van der Waals surface area contributed by atoms with Crippen molar-refractivity contribution in [2.75, 3.05) is 11.9 Å². The summed E-state index contributed by atoms with van der Waals surface area (Å²) in [4.78, 5) is 26.0. The van der Waals surface area contributed by atoms with Crippen molar-refractivity contribution < 1.29 is 4.79 Å². The topological polar surface area (TPSA) is 97.6 Å². The fraction of sp³-hybridized carbons (Fsp3) is 0.174. The zero-order valence-corrected chi connectivity index (χ0v) is 17.2. The molecule has 2 N–H and O–H groups in total. The Bertz CT molecular complexity index is 1140. The van der Waals surface area contributed by atoms with E-state index in [0.29, 0.717) is 24.5 Å². The minimum absolute atomic E-state index is 0.200. The molecule has 0 aromatic carbocycles. The summed E-state index contributed by atoms with van der Waals surface area (Å²) in [5, 5.41) is 10.5.